The number of nitrogens with zero attached hydrogens (tertiary/aromatic N) is 1. The van der Waals surface area contributed by atoms with Crippen LogP contribution in [0.3, 0.4) is 0 Å². The number of nitrogens with two attached hydrogens (primary N) is 1. The van der Waals surface area contributed by atoms with E-state index in [1.807, 2.05) is 13.8 Å². The van der Waals surface area contributed by atoms with Crippen LogP contribution in [0.15, 0.2) is 27.7 Å². The van der Waals surface area contributed by atoms with Gasteiger partial charge in [0.15, 0.2) is 5.96 Å². The maximum Gasteiger partial charge on any atom is 0.193 e. The van der Waals surface area contributed by atoms with Crippen LogP contribution in [0.25, 0.3) is 0 Å². The van der Waals surface area contributed by atoms with E-state index in [0.717, 1.165) is 4.47 Å². The summed E-state index contributed by atoms with van der Waals surface area (Å²) >= 11 is 3.25. The highest BCUT2D eigenvalue weighted by molar-refractivity contribution is 9.10. The van der Waals surface area contributed by atoms with Gasteiger partial charge < -0.3 is 11.1 Å². The first-order valence-electron chi connectivity index (χ1n) is 4.54. The number of guanidine groups is 1. The molecule has 0 amide bonds. The molecule has 0 aliphatic carbocycles. The molecule has 1 aromatic rings. The third kappa shape index (κ3) is 3.87. The second kappa shape index (κ2) is 5.11. The monoisotopic (exact) mass is 273 g/mol. The van der Waals surface area contributed by atoms with Crippen LogP contribution < -0.4 is 11.1 Å². The summed E-state index contributed by atoms with van der Waals surface area (Å²) in [6, 6.07) is 4.66. The molecule has 5 heteroatoms. The molecule has 0 aromatic heterocycles. The van der Waals surface area contributed by atoms with Gasteiger partial charge in [-0.3, -0.25) is 4.99 Å². The molecule has 0 radical (unpaired) electrons. The summed E-state index contributed by atoms with van der Waals surface area (Å²) in [5.74, 6) is -0.151. The van der Waals surface area contributed by atoms with Crippen LogP contribution in [-0.2, 0) is 0 Å². The minimum atomic E-state index is -0.361. The molecule has 0 fully saturated rings. The molecule has 0 saturated carbocycles. The van der Waals surface area contributed by atoms with Gasteiger partial charge in [0.25, 0.3) is 0 Å². The van der Waals surface area contributed by atoms with Gasteiger partial charge in [0.2, 0.25) is 0 Å². The van der Waals surface area contributed by atoms with Crippen LogP contribution in [0.2, 0.25) is 0 Å². The zero-order valence-corrected chi connectivity index (χ0v) is 10.2. The highest BCUT2D eigenvalue weighted by atomic mass is 79.9. The van der Waals surface area contributed by atoms with Crippen molar-refractivity contribution in [3.8, 4) is 0 Å². The third-order valence-corrected chi connectivity index (χ3v) is 2.08. The molecule has 0 spiro atoms. The van der Waals surface area contributed by atoms with Crippen molar-refractivity contribution in [1.29, 1.82) is 0 Å². The van der Waals surface area contributed by atoms with Crippen LogP contribution in [0, 0.1) is 5.82 Å². The van der Waals surface area contributed by atoms with Gasteiger partial charge >= 0.3 is 0 Å². The summed E-state index contributed by atoms with van der Waals surface area (Å²) in [6.07, 6.45) is 0. The van der Waals surface area contributed by atoms with Gasteiger partial charge in [-0.25, -0.2) is 4.39 Å². The highest BCUT2D eigenvalue weighted by Gasteiger charge is 2.03. The van der Waals surface area contributed by atoms with Gasteiger partial charge in [0.1, 0.15) is 5.82 Å². The van der Waals surface area contributed by atoms with E-state index in [4.69, 9.17) is 5.73 Å². The SMILES string of the molecule is CC(C)N=C(N)Nc1cc(Br)ccc1F. The fraction of sp³-hybridized carbons (Fsp3) is 0.300. The first-order valence-corrected chi connectivity index (χ1v) is 5.33. The van der Waals surface area contributed by atoms with Crippen LogP contribution in [0.1, 0.15) is 13.8 Å². The molecule has 3 N–H and O–H groups in total. The first-order chi connectivity index (χ1) is 6.99. The molecule has 1 rings (SSSR count). The van der Waals surface area contributed by atoms with Crippen molar-refractivity contribution in [2.45, 2.75) is 19.9 Å². The largest absolute Gasteiger partial charge is 0.370 e. The lowest BCUT2D eigenvalue weighted by Gasteiger charge is -2.08. The van der Waals surface area contributed by atoms with Crippen molar-refractivity contribution < 1.29 is 4.39 Å². The standard InChI is InChI=1S/C10H13BrFN3/c1-6(2)14-10(13)15-9-5-7(11)3-4-8(9)12/h3-6H,1-2H3,(H3,13,14,15). The minimum absolute atomic E-state index is 0.0766. The van der Waals surface area contributed by atoms with E-state index in [1.54, 1.807) is 12.1 Å². The average Bonchev–Trinajstić information content (AvgIpc) is 2.10. The zero-order valence-electron chi connectivity index (χ0n) is 8.59. The predicted octanol–water partition coefficient (Wildman–Crippen LogP) is 2.72. The summed E-state index contributed by atoms with van der Waals surface area (Å²) in [6.45, 7) is 3.79. The Morgan fingerprint density at radius 3 is 2.80 bits per heavy atom. The number of aliphatic imine (C=N–C) groups is 1. The topological polar surface area (TPSA) is 50.4 Å². The Morgan fingerprint density at radius 1 is 1.53 bits per heavy atom. The van der Waals surface area contributed by atoms with Gasteiger partial charge in [-0.15, -0.1) is 0 Å². The van der Waals surface area contributed by atoms with Crippen molar-refractivity contribution in [3.63, 3.8) is 0 Å². The van der Waals surface area contributed by atoms with Crippen LogP contribution in [0.4, 0.5) is 10.1 Å². The number of nitrogens with one attached hydrogen (secondary N) is 1. The quantitative estimate of drug-likeness (QED) is 0.643. The summed E-state index contributed by atoms with van der Waals surface area (Å²) in [7, 11) is 0. The van der Waals surface area contributed by atoms with Crippen molar-refractivity contribution >= 4 is 27.6 Å². The van der Waals surface area contributed by atoms with Gasteiger partial charge in [-0.2, -0.15) is 0 Å². The van der Waals surface area contributed by atoms with Gasteiger partial charge in [-0.1, -0.05) is 15.9 Å². The normalized spacial score (nSPS) is 11.9. The second-order valence-electron chi connectivity index (χ2n) is 3.36. The van der Waals surface area contributed by atoms with Gasteiger partial charge in [0, 0.05) is 10.5 Å². The van der Waals surface area contributed by atoms with Crippen molar-refractivity contribution in [3.05, 3.63) is 28.5 Å². The Hall–Kier alpha value is -1.10. The number of hydrogen-bond acceptors (Lipinski definition) is 1. The van der Waals surface area contributed by atoms with Crippen LogP contribution in [-0.4, -0.2) is 12.0 Å². The molecule has 82 valence electrons. The molecule has 0 unspecified atom stereocenters. The number of rotatable bonds is 2. The maximum absolute atomic E-state index is 13.3. The smallest absolute Gasteiger partial charge is 0.193 e. The second-order valence-corrected chi connectivity index (χ2v) is 4.27. The molecular weight excluding hydrogens is 261 g/mol. The molecule has 0 aliphatic rings. The fourth-order valence-electron chi connectivity index (χ4n) is 1.04. The van der Waals surface area contributed by atoms with E-state index in [9.17, 15) is 4.39 Å². The van der Waals surface area contributed by atoms with E-state index >= 15 is 0 Å². The molecule has 0 bridgehead atoms. The molecule has 0 heterocycles. The number of hydrogen-bond donors (Lipinski definition) is 2. The molecular formula is C10H13BrFN3. The summed E-state index contributed by atoms with van der Waals surface area (Å²) in [5, 5.41) is 2.71. The maximum atomic E-state index is 13.3. The van der Waals surface area contributed by atoms with Gasteiger partial charge in [0.05, 0.1) is 5.69 Å². The summed E-state index contributed by atoms with van der Waals surface area (Å²) in [4.78, 5) is 4.04. The lowest BCUT2D eigenvalue weighted by atomic mass is 10.3. The highest BCUT2D eigenvalue weighted by Crippen LogP contribution is 2.19. The summed E-state index contributed by atoms with van der Waals surface area (Å²) < 4.78 is 14.1. The van der Waals surface area contributed by atoms with Gasteiger partial charge in [-0.05, 0) is 32.0 Å². The van der Waals surface area contributed by atoms with Crippen LogP contribution >= 0.6 is 15.9 Å². The van der Waals surface area contributed by atoms with E-state index in [1.165, 1.54) is 6.07 Å². The Bertz CT molecular complexity index is 377. The lowest BCUT2D eigenvalue weighted by molar-refractivity contribution is 0.632. The predicted molar refractivity (Wildman–Crippen MR) is 64.5 cm³/mol. The van der Waals surface area contributed by atoms with E-state index < -0.39 is 0 Å². The van der Waals surface area contributed by atoms with Crippen molar-refractivity contribution in [1.82, 2.24) is 0 Å². The Labute approximate surface area is 96.7 Å². The zero-order chi connectivity index (χ0) is 11.4. The van der Waals surface area contributed by atoms with E-state index in [0.29, 0.717) is 5.69 Å². The molecule has 1 aromatic carbocycles. The first kappa shape index (κ1) is 12.0. The average molecular weight is 274 g/mol. The van der Waals surface area contributed by atoms with Crippen molar-refractivity contribution in [2.75, 3.05) is 5.32 Å². The van der Waals surface area contributed by atoms with Crippen molar-refractivity contribution in [2.24, 2.45) is 10.7 Å². The summed E-state index contributed by atoms with van der Waals surface area (Å²) in [5.41, 5.74) is 5.89. The molecule has 0 aliphatic heterocycles. The number of halogens is 2. The number of anilines is 1. The lowest BCUT2D eigenvalue weighted by Crippen LogP contribution is -2.24. The van der Waals surface area contributed by atoms with Crippen LogP contribution in [0.5, 0.6) is 0 Å². The molecule has 0 saturated heterocycles. The Balaban J connectivity index is 2.85. The Morgan fingerprint density at radius 2 is 2.20 bits per heavy atom. The third-order valence-electron chi connectivity index (χ3n) is 1.59. The number of benzene rings is 1. The minimum Gasteiger partial charge on any atom is -0.370 e. The Kier molecular flexibility index (Phi) is 4.08. The molecule has 0 atom stereocenters. The fourth-order valence-corrected chi connectivity index (χ4v) is 1.40. The molecule has 15 heavy (non-hydrogen) atoms. The van der Waals surface area contributed by atoms with E-state index in [2.05, 4.69) is 26.2 Å². The van der Waals surface area contributed by atoms with E-state index in [-0.39, 0.29) is 17.8 Å². The molecule has 3 nitrogen and oxygen atoms in total.